The van der Waals surface area contributed by atoms with E-state index in [1.54, 1.807) is 12.1 Å². The van der Waals surface area contributed by atoms with Crippen molar-refractivity contribution in [2.75, 3.05) is 11.9 Å². The van der Waals surface area contributed by atoms with Crippen molar-refractivity contribution in [3.05, 3.63) is 58.1 Å². The van der Waals surface area contributed by atoms with E-state index >= 15 is 0 Å². The number of carbonyl (C=O) groups excluding carboxylic acids is 2. The van der Waals surface area contributed by atoms with Crippen LogP contribution in [0.1, 0.15) is 51.2 Å². The minimum absolute atomic E-state index is 0.0658. The van der Waals surface area contributed by atoms with E-state index in [-0.39, 0.29) is 23.7 Å². The van der Waals surface area contributed by atoms with E-state index in [9.17, 15) is 9.59 Å². The lowest BCUT2D eigenvalue weighted by Crippen LogP contribution is -2.24. The molecular formula is C24H28BrN3O3. The lowest BCUT2D eigenvalue weighted by molar-refractivity contribution is -0.121. The van der Waals surface area contributed by atoms with Crippen LogP contribution < -0.4 is 15.4 Å². The van der Waals surface area contributed by atoms with Crippen LogP contribution in [0, 0.1) is 11.3 Å². The summed E-state index contributed by atoms with van der Waals surface area (Å²) in [6.07, 6.45) is 0.705. The number of para-hydroxylation sites is 1. The highest BCUT2D eigenvalue weighted by Gasteiger charge is 2.15. The first kappa shape index (κ1) is 24.4. The Morgan fingerprint density at radius 2 is 1.87 bits per heavy atom. The van der Waals surface area contributed by atoms with Gasteiger partial charge in [0.25, 0.3) is 0 Å². The molecule has 0 aromatic heterocycles. The Hall–Kier alpha value is -2.85. The van der Waals surface area contributed by atoms with Gasteiger partial charge < -0.3 is 15.4 Å². The molecule has 0 radical (unpaired) electrons. The molecule has 0 aliphatic rings. The molecule has 2 N–H and O–H groups in total. The Morgan fingerprint density at radius 1 is 1.13 bits per heavy atom. The fourth-order valence-corrected chi connectivity index (χ4v) is 3.34. The number of hydrogen-bond donors (Lipinski definition) is 2. The topological polar surface area (TPSA) is 91.2 Å². The second kappa shape index (κ2) is 11.5. The van der Waals surface area contributed by atoms with Crippen LogP contribution in [-0.4, -0.2) is 18.4 Å². The zero-order valence-electron chi connectivity index (χ0n) is 18.1. The first-order valence-electron chi connectivity index (χ1n) is 10.1. The third-order valence-corrected chi connectivity index (χ3v) is 5.23. The normalized spacial score (nSPS) is 10.8. The zero-order valence-corrected chi connectivity index (χ0v) is 19.7. The van der Waals surface area contributed by atoms with Crippen LogP contribution in [0.25, 0.3) is 0 Å². The average molecular weight is 486 g/mol. The van der Waals surface area contributed by atoms with Crippen molar-refractivity contribution in [2.24, 2.45) is 0 Å². The van der Waals surface area contributed by atoms with Crippen LogP contribution in [0.4, 0.5) is 5.69 Å². The molecule has 0 bridgehead atoms. The Bertz CT molecular complexity index is 961. The summed E-state index contributed by atoms with van der Waals surface area (Å²) >= 11 is 3.55. The number of benzene rings is 2. The molecule has 0 atom stereocenters. The van der Waals surface area contributed by atoms with Crippen molar-refractivity contribution in [1.29, 1.82) is 5.26 Å². The fraction of sp³-hybridized carbons (Fsp3) is 0.375. The molecule has 2 aromatic rings. The molecule has 2 amide bonds. The molecule has 31 heavy (non-hydrogen) atoms. The number of nitrogens with zero attached hydrogens (tertiary/aromatic N) is 1. The maximum Gasteiger partial charge on any atom is 0.238 e. The smallest absolute Gasteiger partial charge is 0.238 e. The van der Waals surface area contributed by atoms with Gasteiger partial charge in [0.2, 0.25) is 11.8 Å². The van der Waals surface area contributed by atoms with Crippen LogP contribution in [0.2, 0.25) is 0 Å². The summed E-state index contributed by atoms with van der Waals surface area (Å²) in [6.45, 7) is 7.20. The second-order valence-electron chi connectivity index (χ2n) is 8.16. The third-order valence-electron chi connectivity index (χ3n) is 4.61. The molecule has 0 aliphatic heterocycles. The minimum atomic E-state index is -0.375. The van der Waals surface area contributed by atoms with Crippen molar-refractivity contribution < 1.29 is 14.3 Å². The van der Waals surface area contributed by atoms with Crippen LogP contribution in [0.15, 0.2) is 46.9 Å². The zero-order chi connectivity index (χ0) is 22.9. The van der Waals surface area contributed by atoms with E-state index in [1.807, 2.05) is 24.3 Å². The number of halogens is 1. The van der Waals surface area contributed by atoms with E-state index in [1.165, 1.54) is 5.56 Å². The van der Waals surface area contributed by atoms with Crippen molar-refractivity contribution >= 4 is 33.4 Å². The summed E-state index contributed by atoms with van der Waals surface area (Å²) in [5.41, 5.74) is 2.66. The first-order valence-corrected chi connectivity index (χ1v) is 10.9. The van der Waals surface area contributed by atoms with Gasteiger partial charge in [-0.25, -0.2) is 0 Å². The van der Waals surface area contributed by atoms with Gasteiger partial charge in [-0.1, -0.05) is 45.0 Å². The summed E-state index contributed by atoms with van der Waals surface area (Å²) < 4.78 is 6.71. The van der Waals surface area contributed by atoms with Gasteiger partial charge in [-0.15, -0.1) is 0 Å². The molecule has 0 saturated heterocycles. The number of anilines is 1. The maximum atomic E-state index is 12.2. The van der Waals surface area contributed by atoms with Crippen molar-refractivity contribution in [3.8, 4) is 11.8 Å². The van der Waals surface area contributed by atoms with Crippen LogP contribution in [0.5, 0.6) is 5.75 Å². The number of nitrogens with one attached hydrogen (secondary N) is 2. The van der Waals surface area contributed by atoms with Gasteiger partial charge in [-0.2, -0.15) is 5.26 Å². The molecule has 2 rings (SSSR count). The van der Waals surface area contributed by atoms with E-state index in [0.29, 0.717) is 31.7 Å². The van der Waals surface area contributed by atoms with E-state index in [2.05, 4.69) is 59.5 Å². The second-order valence-corrected chi connectivity index (χ2v) is 9.02. The van der Waals surface area contributed by atoms with Crippen LogP contribution in [-0.2, 0) is 21.5 Å². The highest BCUT2D eigenvalue weighted by molar-refractivity contribution is 9.10. The van der Waals surface area contributed by atoms with Crippen LogP contribution in [0.3, 0.4) is 0 Å². The van der Waals surface area contributed by atoms with Crippen molar-refractivity contribution in [1.82, 2.24) is 5.32 Å². The highest BCUT2D eigenvalue weighted by Crippen LogP contribution is 2.31. The SMILES string of the molecule is CC(C)(C)c1ccc(OCCCC(=O)NCc2ccccc2NC(=O)CC#N)c(Br)c1. The van der Waals surface area contributed by atoms with Gasteiger partial charge >= 0.3 is 0 Å². The minimum Gasteiger partial charge on any atom is -0.492 e. The summed E-state index contributed by atoms with van der Waals surface area (Å²) in [5.74, 6) is 0.291. The number of ether oxygens (including phenoxy) is 1. The third kappa shape index (κ3) is 8.06. The molecule has 0 spiro atoms. The van der Waals surface area contributed by atoms with Gasteiger partial charge in [0, 0.05) is 18.7 Å². The molecule has 2 aromatic carbocycles. The largest absolute Gasteiger partial charge is 0.492 e. The molecule has 7 heteroatoms. The molecule has 164 valence electrons. The summed E-state index contributed by atoms with van der Waals surface area (Å²) in [4.78, 5) is 23.8. The molecule has 0 heterocycles. The van der Waals surface area contributed by atoms with Gasteiger partial charge in [-0.3, -0.25) is 9.59 Å². The number of nitriles is 1. The lowest BCUT2D eigenvalue weighted by atomic mass is 9.87. The summed E-state index contributed by atoms with van der Waals surface area (Å²) in [7, 11) is 0. The van der Waals surface area contributed by atoms with Gasteiger partial charge in [0.15, 0.2) is 0 Å². The number of amides is 2. The van der Waals surface area contributed by atoms with Gasteiger partial charge in [0.05, 0.1) is 17.1 Å². The van der Waals surface area contributed by atoms with E-state index in [4.69, 9.17) is 10.00 Å². The fourth-order valence-electron chi connectivity index (χ4n) is 2.84. The molecule has 0 aliphatic carbocycles. The van der Waals surface area contributed by atoms with Crippen molar-refractivity contribution in [2.45, 2.75) is 52.0 Å². The maximum absolute atomic E-state index is 12.2. The average Bonchev–Trinajstić information content (AvgIpc) is 2.71. The number of carbonyl (C=O) groups is 2. The Labute approximate surface area is 192 Å². The quantitative estimate of drug-likeness (QED) is 0.484. The predicted octanol–water partition coefficient (Wildman–Crippen LogP) is 5.07. The first-order chi connectivity index (χ1) is 14.7. The predicted molar refractivity (Wildman–Crippen MR) is 125 cm³/mol. The molecule has 0 fully saturated rings. The van der Waals surface area contributed by atoms with Crippen molar-refractivity contribution in [3.63, 3.8) is 0 Å². The summed E-state index contributed by atoms with van der Waals surface area (Å²) in [5, 5.41) is 14.2. The monoisotopic (exact) mass is 485 g/mol. The van der Waals surface area contributed by atoms with E-state index < -0.39 is 0 Å². The molecule has 0 saturated carbocycles. The lowest BCUT2D eigenvalue weighted by Gasteiger charge is -2.20. The Balaban J connectivity index is 1.77. The van der Waals surface area contributed by atoms with Crippen LogP contribution >= 0.6 is 15.9 Å². The van der Waals surface area contributed by atoms with Gasteiger partial charge in [0.1, 0.15) is 12.2 Å². The Kier molecular flexibility index (Phi) is 9.07. The Morgan fingerprint density at radius 3 is 2.55 bits per heavy atom. The van der Waals surface area contributed by atoms with E-state index in [0.717, 1.165) is 15.8 Å². The van der Waals surface area contributed by atoms with Gasteiger partial charge in [-0.05, 0) is 57.1 Å². The number of rotatable bonds is 9. The molecule has 6 nitrogen and oxygen atoms in total. The number of hydrogen-bond acceptors (Lipinski definition) is 4. The summed E-state index contributed by atoms with van der Waals surface area (Å²) in [6, 6.07) is 15.1. The highest BCUT2D eigenvalue weighted by atomic mass is 79.9. The standard InChI is InChI=1S/C24H28BrN3O3/c1-24(2,3)18-10-11-21(19(25)15-18)31-14-6-9-22(29)27-16-17-7-4-5-8-20(17)28-23(30)12-13-26/h4-5,7-8,10-11,15H,6,9,12,14,16H2,1-3H3,(H,27,29)(H,28,30). The molecular weight excluding hydrogens is 458 g/mol. The molecule has 0 unspecified atom stereocenters.